The van der Waals surface area contributed by atoms with Gasteiger partial charge in [0.25, 0.3) is 0 Å². The van der Waals surface area contributed by atoms with Crippen molar-refractivity contribution in [3.63, 3.8) is 0 Å². The van der Waals surface area contributed by atoms with Gasteiger partial charge in [0.15, 0.2) is 0 Å². The van der Waals surface area contributed by atoms with Crippen LogP contribution in [0.5, 0.6) is 0 Å². The zero-order valence-electron chi connectivity index (χ0n) is 13.4. The molecule has 0 heterocycles. The molecule has 0 saturated heterocycles. The van der Waals surface area contributed by atoms with E-state index >= 15 is 0 Å². The van der Waals surface area contributed by atoms with E-state index < -0.39 is 23.4 Å². The SMILES string of the molecule is C1=CCC=C1.CC#N.F[P-](F)(F)(F)(F)F.F[P-](F)(F)(F)(F)F.F[P-](F)(F)(F)(F)F.[Ir+3]. The maximum absolute atomic E-state index is 10.7. The van der Waals surface area contributed by atoms with Crippen LogP contribution in [-0.2, 0) is 20.1 Å². The Kier molecular flexibility index (Phi) is 11.4. The second-order valence-corrected chi connectivity index (χ2v) is 9.94. The standard InChI is InChI=1S/C5H6.C2H3N.3F6P.Ir/c1-2-4-5-3-1;1-2-3;3*1-7(2,3,4,5)6;/h1-4H,5H2;1H3;;;;/q;;3*-1;+3. The number of allylic oxidation sites excluding steroid dienone is 4. The maximum atomic E-state index is 9.87. The van der Waals surface area contributed by atoms with Gasteiger partial charge in [-0.3, -0.25) is 0 Å². The Morgan fingerprint density at radius 2 is 0.633 bits per heavy atom. The van der Waals surface area contributed by atoms with Crippen molar-refractivity contribution >= 4 is 23.4 Å². The molecule has 0 aromatic rings. The summed E-state index contributed by atoms with van der Waals surface area (Å²) in [7, 11) is -32.0. The van der Waals surface area contributed by atoms with Gasteiger partial charge in [0.2, 0.25) is 0 Å². The van der Waals surface area contributed by atoms with Gasteiger partial charge in [0, 0.05) is 6.92 Å². The van der Waals surface area contributed by atoms with E-state index in [2.05, 4.69) is 24.3 Å². The summed E-state index contributed by atoms with van der Waals surface area (Å²) in [5.41, 5.74) is 0. The first-order valence-electron chi connectivity index (χ1n) is 5.58. The number of nitrogens with zero attached hydrogens (tertiary/aromatic N) is 1. The molecule has 0 atom stereocenters. The third-order valence-electron chi connectivity index (χ3n) is 0.655. The van der Waals surface area contributed by atoms with Crippen LogP contribution in [0.3, 0.4) is 0 Å². The minimum absolute atomic E-state index is 0. The molecule has 0 aliphatic heterocycles. The summed E-state index contributed by atoms with van der Waals surface area (Å²) in [6.07, 6.45) is 9.50. The second kappa shape index (κ2) is 8.54. The summed E-state index contributed by atoms with van der Waals surface area (Å²) in [6.45, 7) is 1.43. The van der Waals surface area contributed by atoms with Gasteiger partial charge in [-0.2, -0.15) is 5.26 Å². The molecule has 0 unspecified atom stereocenters. The van der Waals surface area contributed by atoms with E-state index in [0.29, 0.717) is 0 Å². The van der Waals surface area contributed by atoms with E-state index in [1.54, 1.807) is 6.07 Å². The van der Waals surface area contributed by atoms with Gasteiger partial charge in [0.1, 0.15) is 0 Å². The Bertz CT molecular complexity index is 511. The van der Waals surface area contributed by atoms with Crippen LogP contribution in [0.25, 0.3) is 0 Å². The number of halogens is 18. The quantitative estimate of drug-likeness (QED) is 0.180. The molecule has 1 aliphatic rings. The van der Waals surface area contributed by atoms with Crippen molar-refractivity contribution in [2.24, 2.45) is 0 Å². The molecule has 0 fully saturated rings. The fourth-order valence-electron chi connectivity index (χ4n) is 0.393. The Hall–Kier alpha value is -0.351. The summed E-state index contributed by atoms with van der Waals surface area (Å²) >= 11 is 0. The molecule has 0 radical (unpaired) electrons. The molecule has 0 spiro atoms. The van der Waals surface area contributed by atoms with Crippen LogP contribution in [0.4, 0.5) is 75.5 Å². The van der Waals surface area contributed by atoms with Crippen LogP contribution < -0.4 is 0 Å². The first-order chi connectivity index (χ1) is 11.3. The molecule has 0 N–H and O–H groups in total. The van der Waals surface area contributed by atoms with Crippen LogP contribution in [-0.4, -0.2) is 0 Å². The normalized spacial score (nSPS) is 19.4. The smallest absolute Gasteiger partial charge is 3.00 e. The summed E-state index contributed by atoms with van der Waals surface area (Å²) in [5, 5.41) is 7.32. The van der Waals surface area contributed by atoms with Crippen molar-refractivity contribution in [2.45, 2.75) is 13.3 Å². The molecular weight excluding hydrogens is 725 g/mol. The first-order valence-corrected chi connectivity index (χ1v) is 11.7. The van der Waals surface area contributed by atoms with Gasteiger partial charge in [-0.15, -0.1) is 0 Å². The molecular formula is C7H9F18IrNP3. The Morgan fingerprint density at radius 1 is 0.533 bits per heavy atom. The fraction of sp³-hybridized carbons (Fsp3) is 0.286. The average Bonchev–Trinajstić information content (AvgIpc) is 2.55. The molecule has 30 heavy (non-hydrogen) atoms. The van der Waals surface area contributed by atoms with E-state index in [9.17, 15) is 75.5 Å². The third kappa shape index (κ3) is 908. The van der Waals surface area contributed by atoms with Gasteiger partial charge in [-0.25, -0.2) is 0 Å². The molecule has 0 aromatic heterocycles. The molecule has 1 rings (SSSR count). The van der Waals surface area contributed by atoms with Crippen molar-refractivity contribution in [1.82, 2.24) is 0 Å². The average molecular weight is 734 g/mol. The van der Waals surface area contributed by atoms with Gasteiger partial charge in [0.05, 0.1) is 6.07 Å². The summed E-state index contributed by atoms with van der Waals surface area (Å²) in [4.78, 5) is 0. The number of nitriles is 1. The fourth-order valence-corrected chi connectivity index (χ4v) is 0.393. The molecule has 192 valence electrons. The van der Waals surface area contributed by atoms with E-state index in [4.69, 9.17) is 5.26 Å². The van der Waals surface area contributed by atoms with Crippen molar-refractivity contribution in [2.75, 3.05) is 0 Å². The molecule has 0 saturated carbocycles. The van der Waals surface area contributed by atoms with Crippen LogP contribution in [0.15, 0.2) is 24.3 Å². The van der Waals surface area contributed by atoms with Crippen LogP contribution in [0.2, 0.25) is 0 Å². The van der Waals surface area contributed by atoms with Gasteiger partial charge >= 0.3 is 119 Å². The number of hydrogen-bond acceptors (Lipinski definition) is 1. The topological polar surface area (TPSA) is 23.8 Å². The van der Waals surface area contributed by atoms with Crippen molar-refractivity contribution in [3.05, 3.63) is 24.3 Å². The molecule has 0 amide bonds. The predicted octanol–water partition coefficient (Wildman–Crippen LogP) is 12.2. The second-order valence-electron chi connectivity index (χ2n) is 4.19. The van der Waals surface area contributed by atoms with Crippen molar-refractivity contribution in [3.8, 4) is 6.07 Å². The largest absolute Gasteiger partial charge is 3.00 e. The summed E-state index contributed by atoms with van der Waals surface area (Å²) in [6, 6.07) is 1.75. The Labute approximate surface area is 168 Å². The van der Waals surface area contributed by atoms with Crippen molar-refractivity contribution in [1.29, 1.82) is 5.26 Å². The summed E-state index contributed by atoms with van der Waals surface area (Å²) < 4.78 is 178. The van der Waals surface area contributed by atoms with Gasteiger partial charge < -0.3 is 0 Å². The van der Waals surface area contributed by atoms with E-state index in [1.807, 2.05) is 0 Å². The molecule has 23 heteroatoms. The minimum Gasteiger partial charge on any atom is 3.00 e. The Balaban J connectivity index is -0.0000000881. The zero-order valence-corrected chi connectivity index (χ0v) is 18.5. The van der Waals surface area contributed by atoms with Crippen LogP contribution in [0, 0.1) is 11.3 Å². The minimum atomic E-state index is -10.7. The number of rotatable bonds is 0. The number of hydrogen-bond donors (Lipinski definition) is 0. The van der Waals surface area contributed by atoms with E-state index in [1.165, 1.54) is 6.92 Å². The van der Waals surface area contributed by atoms with Crippen molar-refractivity contribution < 1.29 is 95.6 Å². The zero-order chi connectivity index (χ0) is 25.5. The monoisotopic (exact) mass is 735 g/mol. The van der Waals surface area contributed by atoms with Gasteiger partial charge in [-0.05, 0) is 6.42 Å². The molecule has 0 aromatic carbocycles. The van der Waals surface area contributed by atoms with Crippen LogP contribution in [0.1, 0.15) is 13.3 Å². The summed E-state index contributed by atoms with van der Waals surface area (Å²) in [5.74, 6) is 0. The van der Waals surface area contributed by atoms with Crippen LogP contribution >= 0.6 is 23.4 Å². The molecule has 1 aliphatic carbocycles. The molecule has 0 bridgehead atoms. The Morgan fingerprint density at radius 3 is 0.667 bits per heavy atom. The van der Waals surface area contributed by atoms with E-state index in [-0.39, 0.29) is 20.1 Å². The predicted molar refractivity (Wildman–Crippen MR) is 74.9 cm³/mol. The first kappa shape index (κ1) is 40.1. The molecule has 1 nitrogen and oxygen atoms in total. The van der Waals surface area contributed by atoms with Gasteiger partial charge in [-0.1, -0.05) is 24.3 Å². The maximum Gasteiger partial charge on any atom is 3.00 e. The third-order valence-corrected chi connectivity index (χ3v) is 0.655. The van der Waals surface area contributed by atoms with E-state index in [0.717, 1.165) is 6.42 Å².